The number of aryl methyl sites for hydroxylation is 2. The van der Waals surface area contributed by atoms with E-state index in [9.17, 15) is 4.79 Å². The quantitative estimate of drug-likeness (QED) is 0.883. The van der Waals surface area contributed by atoms with Gasteiger partial charge in [-0.1, -0.05) is 24.3 Å². The molecule has 1 aromatic carbocycles. The van der Waals surface area contributed by atoms with Crippen molar-refractivity contribution in [2.75, 3.05) is 18.5 Å². The van der Waals surface area contributed by atoms with Crippen LogP contribution in [0.4, 0.5) is 9.93 Å². The third kappa shape index (κ3) is 3.54. The van der Waals surface area contributed by atoms with Crippen molar-refractivity contribution in [2.45, 2.75) is 32.2 Å². The van der Waals surface area contributed by atoms with E-state index in [2.05, 4.69) is 22.4 Å². The maximum atomic E-state index is 12.7. The number of aromatic nitrogens is 1. The van der Waals surface area contributed by atoms with Gasteiger partial charge in [0.15, 0.2) is 5.13 Å². The van der Waals surface area contributed by atoms with Crippen LogP contribution in [-0.2, 0) is 6.42 Å². The summed E-state index contributed by atoms with van der Waals surface area (Å²) in [6.07, 6.45) is 2.48. The number of aliphatic hydroxyl groups excluding tert-OH is 1. The highest BCUT2D eigenvalue weighted by atomic mass is 32.1. The molecule has 0 radical (unpaired) electrons. The normalized spacial score (nSPS) is 16.2. The Hall–Kier alpha value is -1.92. The standard InChI is InChI=1S/C17H21N3O2S/c1-12-11-23-16(18-12)19-17(22)20(9-4-10-21)15-8-7-13-5-2-3-6-14(13)15/h2-3,5-6,11,15,21H,4,7-10H2,1H3,(H,18,19,22)/t15-/m1/s1. The van der Waals surface area contributed by atoms with Gasteiger partial charge in [0.2, 0.25) is 0 Å². The summed E-state index contributed by atoms with van der Waals surface area (Å²) in [5, 5.41) is 14.6. The molecule has 23 heavy (non-hydrogen) atoms. The second-order valence-corrected chi connectivity index (χ2v) is 6.61. The van der Waals surface area contributed by atoms with Crippen molar-refractivity contribution in [3.05, 3.63) is 46.5 Å². The first-order valence-electron chi connectivity index (χ1n) is 7.87. The molecule has 0 unspecified atom stereocenters. The number of anilines is 1. The van der Waals surface area contributed by atoms with Crippen LogP contribution in [0.5, 0.6) is 0 Å². The molecular weight excluding hydrogens is 310 g/mol. The maximum absolute atomic E-state index is 12.7. The number of urea groups is 1. The number of rotatable bonds is 5. The Morgan fingerprint density at radius 3 is 3.04 bits per heavy atom. The van der Waals surface area contributed by atoms with Gasteiger partial charge in [0, 0.05) is 18.5 Å². The summed E-state index contributed by atoms with van der Waals surface area (Å²) in [4.78, 5) is 18.9. The van der Waals surface area contributed by atoms with Crippen LogP contribution in [0.2, 0.25) is 0 Å². The van der Waals surface area contributed by atoms with Crippen LogP contribution in [-0.4, -0.2) is 34.2 Å². The molecule has 0 bridgehead atoms. The average molecular weight is 331 g/mol. The average Bonchev–Trinajstić information content (AvgIpc) is 3.15. The number of carbonyl (C=O) groups is 1. The van der Waals surface area contributed by atoms with Gasteiger partial charge in [-0.15, -0.1) is 11.3 Å². The fourth-order valence-corrected chi connectivity index (χ4v) is 3.75. The van der Waals surface area contributed by atoms with Crippen LogP contribution in [0, 0.1) is 6.92 Å². The lowest BCUT2D eigenvalue weighted by atomic mass is 10.1. The SMILES string of the molecule is Cc1csc(NC(=O)N(CCCO)[C@@H]2CCc3ccccc32)n1. The van der Waals surface area contributed by atoms with Gasteiger partial charge in [0.1, 0.15) is 0 Å². The van der Waals surface area contributed by atoms with Gasteiger partial charge in [-0.3, -0.25) is 5.32 Å². The van der Waals surface area contributed by atoms with E-state index in [-0.39, 0.29) is 18.7 Å². The third-order valence-electron chi connectivity index (χ3n) is 4.13. The number of hydrogen-bond donors (Lipinski definition) is 2. The fraction of sp³-hybridized carbons (Fsp3) is 0.412. The van der Waals surface area contributed by atoms with E-state index in [4.69, 9.17) is 5.11 Å². The minimum atomic E-state index is -0.144. The Bertz CT molecular complexity index is 686. The van der Waals surface area contributed by atoms with Gasteiger partial charge < -0.3 is 10.0 Å². The number of hydrogen-bond acceptors (Lipinski definition) is 4. The molecule has 2 amide bonds. The van der Waals surface area contributed by atoms with Crippen molar-refractivity contribution < 1.29 is 9.90 Å². The molecule has 122 valence electrons. The smallest absolute Gasteiger partial charge is 0.324 e. The van der Waals surface area contributed by atoms with Crippen LogP contribution < -0.4 is 5.32 Å². The van der Waals surface area contributed by atoms with E-state index in [0.29, 0.717) is 18.1 Å². The Balaban J connectivity index is 1.79. The van der Waals surface area contributed by atoms with Crippen molar-refractivity contribution in [3.8, 4) is 0 Å². The molecule has 2 N–H and O–H groups in total. The van der Waals surface area contributed by atoms with Gasteiger partial charge in [-0.05, 0) is 37.3 Å². The molecule has 0 saturated heterocycles. The van der Waals surface area contributed by atoms with Crippen LogP contribution >= 0.6 is 11.3 Å². The summed E-state index contributed by atoms with van der Waals surface area (Å²) in [5.74, 6) is 0. The zero-order chi connectivity index (χ0) is 16.2. The van der Waals surface area contributed by atoms with E-state index in [1.54, 1.807) is 0 Å². The fourth-order valence-electron chi connectivity index (χ4n) is 3.07. The van der Waals surface area contributed by atoms with Crippen LogP contribution in [0.25, 0.3) is 0 Å². The number of amides is 2. The van der Waals surface area contributed by atoms with Crippen LogP contribution in [0.15, 0.2) is 29.6 Å². The van der Waals surface area contributed by atoms with E-state index < -0.39 is 0 Å². The first-order chi connectivity index (χ1) is 11.2. The number of thiazole rings is 1. The van der Waals surface area contributed by atoms with Crippen molar-refractivity contribution in [3.63, 3.8) is 0 Å². The Kier molecular flexibility index (Phi) is 4.93. The summed E-state index contributed by atoms with van der Waals surface area (Å²) in [7, 11) is 0. The number of nitrogens with one attached hydrogen (secondary N) is 1. The predicted molar refractivity (Wildman–Crippen MR) is 91.8 cm³/mol. The lowest BCUT2D eigenvalue weighted by Gasteiger charge is -2.29. The zero-order valence-corrected chi connectivity index (χ0v) is 14.0. The molecule has 1 aliphatic rings. The van der Waals surface area contributed by atoms with Crippen LogP contribution in [0.3, 0.4) is 0 Å². The zero-order valence-electron chi connectivity index (χ0n) is 13.2. The number of aliphatic hydroxyl groups is 1. The third-order valence-corrected chi connectivity index (χ3v) is 5.00. The minimum absolute atomic E-state index is 0.0683. The molecule has 0 aliphatic heterocycles. The summed E-state index contributed by atoms with van der Waals surface area (Å²) in [6.45, 7) is 2.52. The first-order valence-corrected chi connectivity index (χ1v) is 8.75. The first kappa shape index (κ1) is 16.0. The molecule has 1 aromatic heterocycles. The minimum Gasteiger partial charge on any atom is -0.396 e. The Morgan fingerprint density at radius 2 is 2.30 bits per heavy atom. The molecule has 2 aromatic rings. The topological polar surface area (TPSA) is 65.5 Å². The molecule has 0 fully saturated rings. The molecular formula is C17H21N3O2S. The lowest BCUT2D eigenvalue weighted by Crippen LogP contribution is -2.38. The highest BCUT2D eigenvalue weighted by Gasteiger charge is 2.30. The van der Waals surface area contributed by atoms with Crippen molar-refractivity contribution in [2.24, 2.45) is 0 Å². The van der Waals surface area contributed by atoms with Gasteiger partial charge in [-0.2, -0.15) is 0 Å². The second-order valence-electron chi connectivity index (χ2n) is 5.75. The predicted octanol–water partition coefficient (Wildman–Crippen LogP) is 3.36. The number of nitrogens with zero attached hydrogens (tertiary/aromatic N) is 2. The van der Waals surface area contributed by atoms with Gasteiger partial charge in [0.25, 0.3) is 0 Å². The highest BCUT2D eigenvalue weighted by molar-refractivity contribution is 7.13. The summed E-state index contributed by atoms with van der Waals surface area (Å²) >= 11 is 1.43. The molecule has 0 spiro atoms. The van der Waals surface area contributed by atoms with Crippen molar-refractivity contribution in [1.82, 2.24) is 9.88 Å². The highest BCUT2D eigenvalue weighted by Crippen LogP contribution is 2.36. The van der Waals surface area contributed by atoms with E-state index in [1.807, 2.05) is 29.3 Å². The van der Waals surface area contributed by atoms with E-state index in [1.165, 1.54) is 22.5 Å². The Morgan fingerprint density at radius 1 is 1.48 bits per heavy atom. The Labute approximate surface area is 140 Å². The van der Waals surface area contributed by atoms with Crippen molar-refractivity contribution in [1.29, 1.82) is 0 Å². The maximum Gasteiger partial charge on any atom is 0.324 e. The molecule has 0 saturated carbocycles. The van der Waals surface area contributed by atoms with E-state index >= 15 is 0 Å². The molecule has 1 aliphatic carbocycles. The van der Waals surface area contributed by atoms with Crippen LogP contribution in [0.1, 0.15) is 35.7 Å². The number of carbonyl (C=O) groups excluding carboxylic acids is 1. The summed E-state index contributed by atoms with van der Waals surface area (Å²) in [6, 6.07) is 8.20. The van der Waals surface area contributed by atoms with Crippen molar-refractivity contribution >= 4 is 22.5 Å². The van der Waals surface area contributed by atoms with Gasteiger partial charge in [0.05, 0.1) is 11.7 Å². The number of benzene rings is 1. The monoisotopic (exact) mass is 331 g/mol. The van der Waals surface area contributed by atoms with Gasteiger partial charge >= 0.3 is 6.03 Å². The van der Waals surface area contributed by atoms with E-state index in [0.717, 1.165) is 18.5 Å². The molecule has 6 heteroatoms. The summed E-state index contributed by atoms with van der Waals surface area (Å²) in [5.41, 5.74) is 3.43. The molecule has 5 nitrogen and oxygen atoms in total. The largest absolute Gasteiger partial charge is 0.396 e. The summed E-state index contributed by atoms with van der Waals surface area (Å²) < 4.78 is 0. The molecule has 3 rings (SSSR count). The molecule has 1 atom stereocenters. The number of fused-ring (bicyclic) bond motifs is 1. The second kappa shape index (κ2) is 7.10. The lowest BCUT2D eigenvalue weighted by molar-refractivity contribution is 0.177. The molecule has 1 heterocycles. The van der Waals surface area contributed by atoms with Gasteiger partial charge in [-0.25, -0.2) is 9.78 Å².